The molecule has 0 aromatic rings. The fourth-order valence-corrected chi connectivity index (χ4v) is 0.278. The Kier molecular flexibility index (Phi) is 4.81. The molecule has 0 fully saturated rings. The maximum absolute atomic E-state index is 10.1. The second kappa shape index (κ2) is 5.30. The topological polar surface area (TPSA) is 67.8 Å². The first-order chi connectivity index (χ1) is 4.31. The first-order valence-corrected chi connectivity index (χ1v) is 2.65. The van der Waals surface area contributed by atoms with Crippen molar-refractivity contribution in [1.82, 2.24) is 5.43 Å². The van der Waals surface area contributed by atoms with Crippen molar-refractivity contribution in [3.8, 4) is 0 Å². The highest BCUT2D eigenvalue weighted by molar-refractivity contribution is 6.18. The van der Waals surface area contributed by atoms with Crippen LogP contribution in [0.3, 0.4) is 0 Å². The van der Waals surface area contributed by atoms with Crippen LogP contribution in [-0.4, -0.2) is 18.6 Å². The molecule has 0 bridgehead atoms. The molecular formula is C3H5ClN2O3. The van der Waals surface area contributed by atoms with Crippen LogP contribution in [0.25, 0.3) is 0 Å². The zero-order valence-corrected chi connectivity index (χ0v) is 5.22. The third-order valence-corrected chi connectivity index (χ3v) is 0.602. The molecule has 9 heavy (non-hydrogen) atoms. The lowest BCUT2D eigenvalue weighted by Crippen LogP contribution is -2.18. The normalized spacial score (nSPS) is 8.11. The monoisotopic (exact) mass is 152 g/mol. The maximum Gasteiger partial charge on any atom is 0.430 e. The highest BCUT2D eigenvalue weighted by atomic mass is 35.5. The minimum Gasteiger partial charge on any atom is -0.447 e. The number of carbonyl (C=O) groups is 1. The minimum absolute atomic E-state index is 0.0723. The standard InChI is InChI=1S/C3H5ClN2O3/c4-1-2-9-3(7)5-6-8/h1-2H2,(H,5,7,8). The molecule has 0 radical (unpaired) electrons. The van der Waals surface area contributed by atoms with Gasteiger partial charge in [-0.3, -0.25) is 0 Å². The molecule has 5 nitrogen and oxygen atoms in total. The number of ether oxygens (including phenoxy) is 1. The quantitative estimate of drug-likeness (QED) is 0.367. The van der Waals surface area contributed by atoms with Gasteiger partial charge >= 0.3 is 6.09 Å². The molecule has 0 saturated heterocycles. The van der Waals surface area contributed by atoms with E-state index in [9.17, 15) is 9.70 Å². The molecule has 1 amide bonds. The van der Waals surface area contributed by atoms with Gasteiger partial charge in [0, 0.05) is 0 Å². The lowest BCUT2D eigenvalue weighted by Gasteiger charge is -1.96. The molecule has 0 rings (SSSR count). The fourth-order valence-electron chi connectivity index (χ4n) is 0.201. The molecule has 0 atom stereocenters. The summed E-state index contributed by atoms with van der Waals surface area (Å²) in [6.07, 6.45) is -0.884. The number of carbonyl (C=O) groups excluding carboxylic acids is 1. The van der Waals surface area contributed by atoms with E-state index in [1.165, 1.54) is 5.43 Å². The van der Waals surface area contributed by atoms with Crippen molar-refractivity contribution in [3.05, 3.63) is 4.91 Å². The molecule has 0 aromatic carbocycles. The van der Waals surface area contributed by atoms with E-state index in [1.54, 1.807) is 0 Å². The Bertz CT molecular complexity index is 107. The molecule has 0 heterocycles. The number of alkyl halides is 1. The smallest absolute Gasteiger partial charge is 0.430 e. The van der Waals surface area contributed by atoms with Gasteiger partial charge in [0.2, 0.25) is 0 Å². The first-order valence-electron chi connectivity index (χ1n) is 2.12. The zero-order chi connectivity index (χ0) is 7.11. The van der Waals surface area contributed by atoms with Gasteiger partial charge in [-0.1, -0.05) is 0 Å². The summed E-state index contributed by atoms with van der Waals surface area (Å²) in [7, 11) is 0. The van der Waals surface area contributed by atoms with Gasteiger partial charge < -0.3 is 4.74 Å². The highest BCUT2D eigenvalue weighted by Crippen LogP contribution is 1.79. The Morgan fingerprint density at radius 1 is 1.78 bits per heavy atom. The van der Waals surface area contributed by atoms with E-state index < -0.39 is 6.09 Å². The van der Waals surface area contributed by atoms with Crippen LogP contribution in [0.5, 0.6) is 0 Å². The van der Waals surface area contributed by atoms with Gasteiger partial charge in [0.05, 0.1) is 11.2 Å². The van der Waals surface area contributed by atoms with Crippen molar-refractivity contribution < 1.29 is 9.53 Å². The first kappa shape index (κ1) is 8.16. The molecule has 0 aliphatic heterocycles. The number of hydrogen-bond donors (Lipinski definition) is 1. The van der Waals surface area contributed by atoms with Crippen molar-refractivity contribution in [2.45, 2.75) is 0 Å². The predicted octanol–water partition coefficient (Wildman–Crippen LogP) is 0.633. The van der Waals surface area contributed by atoms with E-state index in [1.807, 2.05) is 0 Å². The zero-order valence-electron chi connectivity index (χ0n) is 4.46. The van der Waals surface area contributed by atoms with Crippen LogP contribution in [0.4, 0.5) is 4.79 Å². The molecular weight excluding hydrogens is 147 g/mol. The van der Waals surface area contributed by atoms with Crippen LogP contribution in [0.2, 0.25) is 0 Å². The number of halogens is 1. The molecule has 0 unspecified atom stereocenters. The third kappa shape index (κ3) is 5.02. The van der Waals surface area contributed by atoms with E-state index in [4.69, 9.17) is 11.6 Å². The van der Waals surface area contributed by atoms with Crippen LogP contribution >= 0.6 is 11.6 Å². The van der Waals surface area contributed by atoms with Crippen LogP contribution in [0.15, 0.2) is 5.29 Å². The van der Waals surface area contributed by atoms with E-state index in [0.29, 0.717) is 0 Å². The van der Waals surface area contributed by atoms with Gasteiger partial charge in [0.15, 0.2) is 0 Å². The number of nitroso groups, excluding NO2 is 1. The van der Waals surface area contributed by atoms with Gasteiger partial charge in [-0.2, -0.15) is 5.43 Å². The van der Waals surface area contributed by atoms with E-state index in [0.717, 1.165) is 0 Å². The van der Waals surface area contributed by atoms with E-state index in [-0.39, 0.29) is 12.5 Å². The largest absolute Gasteiger partial charge is 0.447 e. The summed E-state index contributed by atoms with van der Waals surface area (Å²) in [4.78, 5) is 19.4. The SMILES string of the molecule is O=NNC(=O)OCCCl. The van der Waals surface area contributed by atoms with Crippen molar-refractivity contribution in [2.24, 2.45) is 5.29 Å². The van der Waals surface area contributed by atoms with Gasteiger partial charge in [-0.05, 0) is 0 Å². The number of nitrogens with one attached hydrogen (secondary N) is 1. The lowest BCUT2D eigenvalue weighted by molar-refractivity contribution is 0.153. The molecule has 52 valence electrons. The Morgan fingerprint density at radius 3 is 2.89 bits per heavy atom. The lowest BCUT2D eigenvalue weighted by atomic mass is 10.9. The predicted molar refractivity (Wildman–Crippen MR) is 31.0 cm³/mol. The highest BCUT2D eigenvalue weighted by Gasteiger charge is 1.96. The van der Waals surface area contributed by atoms with Gasteiger partial charge in [0.25, 0.3) is 0 Å². The van der Waals surface area contributed by atoms with Crippen LogP contribution in [-0.2, 0) is 4.74 Å². The van der Waals surface area contributed by atoms with Gasteiger partial charge in [-0.25, -0.2) is 4.79 Å². The van der Waals surface area contributed by atoms with Crippen molar-refractivity contribution in [2.75, 3.05) is 12.5 Å². The number of amides is 1. The molecule has 6 heteroatoms. The van der Waals surface area contributed by atoms with Gasteiger partial charge in [-0.15, -0.1) is 16.5 Å². The average molecular weight is 153 g/mol. The number of rotatable bonds is 3. The summed E-state index contributed by atoms with van der Waals surface area (Å²) < 4.78 is 4.26. The Hall–Kier alpha value is -0.840. The molecule has 0 spiro atoms. The van der Waals surface area contributed by atoms with Crippen molar-refractivity contribution in [3.63, 3.8) is 0 Å². The molecule has 0 saturated carbocycles. The number of nitrogens with zero attached hydrogens (tertiary/aromatic N) is 1. The second-order valence-electron chi connectivity index (χ2n) is 1.03. The minimum atomic E-state index is -0.884. The fraction of sp³-hybridized carbons (Fsp3) is 0.667. The van der Waals surface area contributed by atoms with Crippen molar-refractivity contribution >= 4 is 17.7 Å². The maximum atomic E-state index is 10.1. The second-order valence-corrected chi connectivity index (χ2v) is 1.41. The Morgan fingerprint density at radius 2 is 2.44 bits per heavy atom. The Labute approximate surface area is 56.3 Å². The Balaban J connectivity index is 3.16. The summed E-state index contributed by atoms with van der Waals surface area (Å²) >= 11 is 5.13. The van der Waals surface area contributed by atoms with Crippen LogP contribution < -0.4 is 5.43 Å². The summed E-state index contributed by atoms with van der Waals surface area (Å²) in [6, 6.07) is 0. The molecule has 0 aromatic heterocycles. The van der Waals surface area contributed by atoms with E-state index in [2.05, 4.69) is 10.0 Å². The van der Waals surface area contributed by atoms with Crippen LogP contribution in [0.1, 0.15) is 0 Å². The van der Waals surface area contributed by atoms with Crippen LogP contribution in [0, 0.1) is 4.91 Å². The summed E-state index contributed by atoms with van der Waals surface area (Å²) in [5, 5.41) is 2.07. The van der Waals surface area contributed by atoms with Crippen molar-refractivity contribution in [1.29, 1.82) is 0 Å². The molecule has 1 N–H and O–H groups in total. The summed E-state index contributed by atoms with van der Waals surface area (Å²) in [5.41, 5.74) is 1.53. The molecule has 0 aliphatic carbocycles. The third-order valence-electron chi connectivity index (χ3n) is 0.447. The summed E-state index contributed by atoms with van der Waals surface area (Å²) in [5.74, 6) is 0.201. The average Bonchev–Trinajstić information content (AvgIpc) is 1.85. The molecule has 0 aliphatic rings. The van der Waals surface area contributed by atoms with E-state index >= 15 is 0 Å². The summed E-state index contributed by atoms with van der Waals surface area (Å²) in [6.45, 7) is 0.0723. The van der Waals surface area contributed by atoms with Gasteiger partial charge in [0.1, 0.15) is 6.61 Å². The number of hydrogen-bond acceptors (Lipinski definition) is 4.